The summed E-state index contributed by atoms with van der Waals surface area (Å²) in [4.78, 5) is 18.4. The molecule has 1 atom stereocenters. The summed E-state index contributed by atoms with van der Waals surface area (Å²) in [6.07, 6.45) is 1.74. The van der Waals surface area contributed by atoms with Gasteiger partial charge in [-0.2, -0.15) is 0 Å². The van der Waals surface area contributed by atoms with Crippen molar-refractivity contribution in [2.45, 2.75) is 55.9 Å². The van der Waals surface area contributed by atoms with Crippen LogP contribution < -0.4 is 5.32 Å². The van der Waals surface area contributed by atoms with Gasteiger partial charge in [0.05, 0.1) is 4.87 Å². The van der Waals surface area contributed by atoms with Gasteiger partial charge in [-0.25, -0.2) is 0 Å². The lowest BCUT2D eigenvalue weighted by Crippen LogP contribution is -2.43. The minimum Gasteiger partial charge on any atom is -0.323 e. The zero-order chi connectivity index (χ0) is 11.9. The van der Waals surface area contributed by atoms with Gasteiger partial charge in [0.15, 0.2) is 0 Å². The molecule has 1 unspecified atom stereocenters. The molecule has 1 heterocycles. The standard InChI is InChI=1S/C9H20NO3PS/c1-5-9(6-2)10-7(14(11,12)13)8(3,4)15-9/h7,10H,5-6H2,1-4H3,(H2,11,12,13). The second kappa shape index (κ2) is 4.04. The van der Waals surface area contributed by atoms with E-state index in [1.807, 2.05) is 27.7 Å². The second-order valence-corrected chi connectivity index (χ2v) is 8.28. The van der Waals surface area contributed by atoms with Crippen molar-refractivity contribution in [3.05, 3.63) is 0 Å². The Bertz CT molecular complexity index is 285. The van der Waals surface area contributed by atoms with Crippen LogP contribution in [0.3, 0.4) is 0 Å². The predicted molar refractivity (Wildman–Crippen MR) is 64.0 cm³/mol. The zero-order valence-corrected chi connectivity index (χ0v) is 11.4. The van der Waals surface area contributed by atoms with Gasteiger partial charge in [-0.3, -0.25) is 9.88 Å². The van der Waals surface area contributed by atoms with Crippen LogP contribution in [-0.4, -0.2) is 25.2 Å². The van der Waals surface area contributed by atoms with E-state index in [0.29, 0.717) is 0 Å². The Morgan fingerprint density at radius 3 is 2.00 bits per heavy atom. The van der Waals surface area contributed by atoms with Gasteiger partial charge in [0.25, 0.3) is 0 Å². The molecule has 0 aromatic carbocycles. The van der Waals surface area contributed by atoms with Gasteiger partial charge in [-0.1, -0.05) is 13.8 Å². The molecule has 0 amide bonds. The Kier molecular flexibility index (Phi) is 3.64. The Morgan fingerprint density at radius 2 is 1.80 bits per heavy atom. The summed E-state index contributed by atoms with van der Waals surface area (Å²) < 4.78 is 11.0. The van der Waals surface area contributed by atoms with E-state index >= 15 is 0 Å². The third kappa shape index (κ3) is 2.59. The molecule has 90 valence electrons. The second-order valence-electron chi connectivity index (χ2n) is 4.54. The van der Waals surface area contributed by atoms with Crippen molar-refractivity contribution in [3.63, 3.8) is 0 Å². The average molecular weight is 253 g/mol. The highest BCUT2D eigenvalue weighted by molar-refractivity contribution is 8.02. The maximum atomic E-state index is 11.4. The zero-order valence-electron chi connectivity index (χ0n) is 9.65. The number of hydrogen-bond acceptors (Lipinski definition) is 3. The fraction of sp³-hybridized carbons (Fsp3) is 1.00. The van der Waals surface area contributed by atoms with Gasteiger partial charge in [-0.05, 0) is 26.7 Å². The van der Waals surface area contributed by atoms with Gasteiger partial charge in [0.2, 0.25) is 0 Å². The highest BCUT2D eigenvalue weighted by Gasteiger charge is 2.54. The highest BCUT2D eigenvalue weighted by Crippen LogP contribution is 2.58. The highest BCUT2D eigenvalue weighted by atomic mass is 32.2. The minimum atomic E-state index is -4.07. The first-order valence-electron chi connectivity index (χ1n) is 5.20. The smallest absolute Gasteiger partial charge is 0.323 e. The molecule has 0 aliphatic carbocycles. The molecule has 4 nitrogen and oxygen atoms in total. The van der Waals surface area contributed by atoms with Gasteiger partial charge < -0.3 is 9.79 Å². The lowest BCUT2D eigenvalue weighted by Gasteiger charge is -2.26. The summed E-state index contributed by atoms with van der Waals surface area (Å²) in [5, 5.41) is 3.13. The fourth-order valence-corrected chi connectivity index (χ4v) is 5.63. The van der Waals surface area contributed by atoms with Crippen molar-refractivity contribution in [3.8, 4) is 0 Å². The van der Waals surface area contributed by atoms with Crippen molar-refractivity contribution >= 4 is 19.4 Å². The Hall–Kier alpha value is 0.460. The largest absolute Gasteiger partial charge is 0.343 e. The molecule has 1 rings (SSSR count). The van der Waals surface area contributed by atoms with E-state index in [4.69, 9.17) is 0 Å². The Labute approximate surface area is 95.4 Å². The molecular formula is C9H20NO3PS. The summed E-state index contributed by atoms with van der Waals surface area (Å²) >= 11 is 1.65. The maximum Gasteiger partial charge on any atom is 0.343 e. The molecule has 0 bridgehead atoms. The van der Waals surface area contributed by atoms with Crippen LogP contribution in [0.2, 0.25) is 0 Å². The summed E-state index contributed by atoms with van der Waals surface area (Å²) in [6, 6.07) is 0. The molecule has 0 radical (unpaired) electrons. The molecule has 0 aromatic heterocycles. The quantitative estimate of drug-likeness (QED) is 0.672. The van der Waals surface area contributed by atoms with Gasteiger partial charge in [0.1, 0.15) is 5.78 Å². The lowest BCUT2D eigenvalue weighted by atomic mass is 10.1. The van der Waals surface area contributed by atoms with Crippen LogP contribution in [0, 0.1) is 0 Å². The van der Waals surface area contributed by atoms with Gasteiger partial charge in [-0.15, -0.1) is 11.8 Å². The first kappa shape index (κ1) is 13.5. The summed E-state index contributed by atoms with van der Waals surface area (Å²) in [5.41, 5.74) is 0. The normalized spacial score (nSPS) is 29.3. The molecule has 1 aliphatic heterocycles. The number of rotatable bonds is 3. The van der Waals surface area contributed by atoms with E-state index in [9.17, 15) is 14.4 Å². The average Bonchev–Trinajstić information content (AvgIpc) is 2.37. The predicted octanol–water partition coefficient (Wildman–Crippen LogP) is 2.12. The molecule has 3 N–H and O–H groups in total. The number of thioether (sulfide) groups is 1. The minimum absolute atomic E-state index is 0.185. The molecule has 1 saturated heterocycles. The first-order valence-corrected chi connectivity index (χ1v) is 7.70. The van der Waals surface area contributed by atoms with Crippen LogP contribution in [0.25, 0.3) is 0 Å². The molecule has 1 aliphatic rings. The Morgan fingerprint density at radius 1 is 1.33 bits per heavy atom. The number of nitrogens with one attached hydrogen (secondary N) is 1. The third-order valence-electron chi connectivity index (χ3n) is 3.00. The van der Waals surface area contributed by atoms with Crippen molar-refractivity contribution in [1.82, 2.24) is 5.32 Å². The van der Waals surface area contributed by atoms with Crippen molar-refractivity contribution in [2.75, 3.05) is 0 Å². The molecule has 0 saturated carbocycles. The van der Waals surface area contributed by atoms with Crippen LogP contribution in [0.4, 0.5) is 0 Å². The molecular weight excluding hydrogens is 233 g/mol. The first-order chi connectivity index (χ1) is 6.67. The Balaban J connectivity index is 3.00. The number of hydrogen-bond donors (Lipinski definition) is 3. The van der Waals surface area contributed by atoms with E-state index in [-0.39, 0.29) is 4.87 Å². The monoisotopic (exact) mass is 253 g/mol. The van der Waals surface area contributed by atoms with Gasteiger partial charge >= 0.3 is 7.60 Å². The summed E-state index contributed by atoms with van der Waals surface area (Å²) in [5.74, 6) is -0.741. The SMILES string of the molecule is CCC1(CC)NC(P(=O)(O)O)C(C)(C)S1. The third-order valence-corrected chi connectivity index (χ3v) is 6.46. The summed E-state index contributed by atoms with van der Waals surface area (Å²) in [6.45, 7) is 7.87. The van der Waals surface area contributed by atoms with Crippen molar-refractivity contribution in [2.24, 2.45) is 0 Å². The molecule has 1 fully saturated rings. The van der Waals surface area contributed by atoms with Crippen LogP contribution >= 0.6 is 19.4 Å². The van der Waals surface area contributed by atoms with Crippen LogP contribution in [0.15, 0.2) is 0 Å². The van der Waals surface area contributed by atoms with Gasteiger partial charge in [0, 0.05) is 4.75 Å². The van der Waals surface area contributed by atoms with E-state index in [0.717, 1.165) is 12.8 Å². The van der Waals surface area contributed by atoms with Crippen molar-refractivity contribution in [1.29, 1.82) is 0 Å². The molecule has 0 aromatic rings. The topological polar surface area (TPSA) is 69.6 Å². The van der Waals surface area contributed by atoms with Crippen LogP contribution in [0.5, 0.6) is 0 Å². The molecule has 6 heteroatoms. The van der Waals surface area contributed by atoms with Crippen LogP contribution in [0.1, 0.15) is 40.5 Å². The molecule has 0 spiro atoms. The fourth-order valence-electron chi connectivity index (χ4n) is 2.10. The summed E-state index contributed by atoms with van der Waals surface area (Å²) in [7, 11) is -4.07. The maximum absolute atomic E-state index is 11.4. The molecule has 15 heavy (non-hydrogen) atoms. The van der Waals surface area contributed by atoms with Crippen molar-refractivity contribution < 1.29 is 14.4 Å². The lowest BCUT2D eigenvalue weighted by molar-refractivity contribution is 0.322. The van der Waals surface area contributed by atoms with E-state index < -0.39 is 18.1 Å². The van der Waals surface area contributed by atoms with E-state index in [2.05, 4.69) is 5.32 Å². The van der Waals surface area contributed by atoms with Crippen LogP contribution in [-0.2, 0) is 4.57 Å². The van der Waals surface area contributed by atoms with E-state index in [1.165, 1.54) is 0 Å². The van der Waals surface area contributed by atoms with E-state index in [1.54, 1.807) is 11.8 Å².